The van der Waals surface area contributed by atoms with Crippen LogP contribution in [0.4, 0.5) is 5.82 Å². The molecule has 6 heteroatoms. The highest BCUT2D eigenvalue weighted by atomic mass is 127. The van der Waals surface area contributed by atoms with Crippen LogP contribution in [0.25, 0.3) is 11.4 Å². The Morgan fingerprint density at radius 3 is 2.74 bits per heavy atom. The molecular formula is C13H12BrClIN3. The Labute approximate surface area is 139 Å². The molecule has 100 valence electrons. The molecular weight excluding hydrogens is 440 g/mol. The van der Waals surface area contributed by atoms with E-state index in [-0.39, 0.29) is 0 Å². The van der Waals surface area contributed by atoms with E-state index >= 15 is 0 Å². The normalized spacial score (nSPS) is 10.6. The Morgan fingerprint density at radius 2 is 2.11 bits per heavy atom. The number of rotatable bonds is 3. The molecule has 2 aromatic rings. The van der Waals surface area contributed by atoms with Crippen LogP contribution in [-0.4, -0.2) is 17.0 Å². The van der Waals surface area contributed by atoms with Crippen LogP contribution in [0.1, 0.15) is 12.6 Å². The van der Waals surface area contributed by atoms with E-state index in [1.165, 1.54) is 0 Å². The summed E-state index contributed by atoms with van der Waals surface area (Å²) < 4.78 is 2.01. The number of aromatic nitrogens is 2. The molecule has 0 aliphatic heterocycles. The fourth-order valence-corrected chi connectivity index (χ4v) is 3.14. The van der Waals surface area contributed by atoms with E-state index in [1.54, 1.807) is 0 Å². The second-order valence-corrected chi connectivity index (χ2v) is 6.29. The SMILES string of the molecule is CCc1nc(-c2cc(Br)ccc2Cl)nc(NC)c1I. The van der Waals surface area contributed by atoms with Gasteiger partial charge in [-0.05, 0) is 47.2 Å². The Bertz CT molecular complexity index is 594. The summed E-state index contributed by atoms with van der Waals surface area (Å²) in [5.41, 5.74) is 1.85. The van der Waals surface area contributed by atoms with Gasteiger partial charge in [-0.15, -0.1) is 0 Å². The second kappa shape index (κ2) is 6.37. The van der Waals surface area contributed by atoms with Gasteiger partial charge in [0.2, 0.25) is 0 Å². The summed E-state index contributed by atoms with van der Waals surface area (Å²) in [5.74, 6) is 1.48. The maximum absolute atomic E-state index is 6.24. The average Bonchev–Trinajstić information content (AvgIpc) is 2.42. The van der Waals surface area contributed by atoms with E-state index < -0.39 is 0 Å². The van der Waals surface area contributed by atoms with Crippen molar-refractivity contribution in [1.82, 2.24) is 9.97 Å². The number of halogens is 3. The Kier molecular flexibility index (Phi) is 5.03. The number of aryl methyl sites for hydroxylation is 1. The summed E-state index contributed by atoms with van der Waals surface area (Å²) in [4.78, 5) is 9.14. The molecule has 0 saturated heterocycles. The molecule has 1 N–H and O–H groups in total. The molecule has 0 amide bonds. The summed E-state index contributed by atoms with van der Waals surface area (Å²) in [7, 11) is 1.86. The van der Waals surface area contributed by atoms with Crippen LogP contribution < -0.4 is 5.32 Å². The summed E-state index contributed by atoms with van der Waals surface area (Å²) in [6.07, 6.45) is 0.855. The van der Waals surface area contributed by atoms with Crippen molar-refractivity contribution in [3.05, 3.63) is 37.0 Å². The zero-order valence-corrected chi connectivity index (χ0v) is 15.0. The van der Waals surface area contributed by atoms with Crippen LogP contribution in [0.2, 0.25) is 5.02 Å². The van der Waals surface area contributed by atoms with Gasteiger partial charge in [-0.1, -0.05) is 34.5 Å². The van der Waals surface area contributed by atoms with Crippen molar-refractivity contribution < 1.29 is 0 Å². The zero-order valence-electron chi connectivity index (χ0n) is 10.5. The van der Waals surface area contributed by atoms with Crippen molar-refractivity contribution in [1.29, 1.82) is 0 Å². The lowest BCUT2D eigenvalue weighted by atomic mass is 10.2. The molecule has 0 spiro atoms. The maximum Gasteiger partial charge on any atom is 0.163 e. The van der Waals surface area contributed by atoms with Crippen LogP contribution in [0.5, 0.6) is 0 Å². The Hall–Kier alpha value is -0.400. The third-order valence-electron chi connectivity index (χ3n) is 2.66. The molecule has 0 radical (unpaired) electrons. The fourth-order valence-electron chi connectivity index (χ4n) is 1.68. The first-order valence-corrected chi connectivity index (χ1v) is 8.01. The first-order chi connectivity index (χ1) is 9.06. The predicted octanol–water partition coefficient (Wildman–Crippen LogP) is 4.77. The van der Waals surface area contributed by atoms with Gasteiger partial charge in [0.25, 0.3) is 0 Å². The molecule has 1 heterocycles. The topological polar surface area (TPSA) is 37.8 Å². The summed E-state index contributed by atoms with van der Waals surface area (Å²) >= 11 is 11.9. The van der Waals surface area contributed by atoms with Crippen LogP contribution in [-0.2, 0) is 6.42 Å². The fraction of sp³-hybridized carbons (Fsp3) is 0.231. The molecule has 2 rings (SSSR count). The molecule has 0 unspecified atom stereocenters. The number of hydrogen-bond donors (Lipinski definition) is 1. The summed E-state index contributed by atoms with van der Waals surface area (Å²) in [5, 5.41) is 3.75. The van der Waals surface area contributed by atoms with Crippen molar-refractivity contribution >= 4 is 55.9 Å². The lowest BCUT2D eigenvalue weighted by molar-refractivity contribution is 0.990. The van der Waals surface area contributed by atoms with Gasteiger partial charge in [-0.2, -0.15) is 0 Å². The monoisotopic (exact) mass is 451 g/mol. The Balaban J connectivity index is 2.65. The van der Waals surface area contributed by atoms with Gasteiger partial charge >= 0.3 is 0 Å². The van der Waals surface area contributed by atoms with E-state index in [0.29, 0.717) is 10.8 Å². The largest absolute Gasteiger partial charge is 0.372 e. The number of benzene rings is 1. The standard InChI is InChI=1S/C13H12BrClIN3/c1-3-10-11(16)13(17-2)19-12(18-10)8-6-7(14)4-5-9(8)15/h4-6H,3H2,1-2H3,(H,17,18,19). The van der Waals surface area contributed by atoms with Gasteiger partial charge < -0.3 is 5.32 Å². The molecule has 1 aromatic carbocycles. The van der Waals surface area contributed by atoms with Crippen molar-refractivity contribution in [3.8, 4) is 11.4 Å². The molecule has 19 heavy (non-hydrogen) atoms. The summed E-state index contributed by atoms with van der Waals surface area (Å²) in [6.45, 7) is 2.08. The minimum atomic E-state index is 0.646. The number of hydrogen-bond acceptors (Lipinski definition) is 3. The third kappa shape index (κ3) is 3.20. The molecule has 0 aliphatic carbocycles. The van der Waals surface area contributed by atoms with Gasteiger partial charge in [-0.3, -0.25) is 0 Å². The van der Waals surface area contributed by atoms with Crippen molar-refractivity contribution in [2.45, 2.75) is 13.3 Å². The zero-order chi connectivity index (χ0) is 14.0. The number of anilines is 1. The van der Waals surface area contributed by atoms with Crippen LogP contribution >= 0.6 is 50.1 Å². The lowest BCUT2D eigenvalue weighted by Crippen LogP contribution is -2.05. The van der Waals surface area contributed by atoms with E-state index in [4.69, 9.17) is 11.6 Å². The van der Waals surface area contributed by atoms with Crippen molar-refractivity contribution in [2.24, 2.45) is 0 Å². The van der Waals surface area contributed by atoms with Gasteiger partial charge in [0.05, 0.1) is 14.3 Å². The predicted molar refractivity (Wildman–Crippen MR) is 91.8 cm³/mol. The Morgan fingerprint density at radius 1 is 1.37 bits per heavy atom. The number of nitrogens with zero attached hydrogens (tertiary/aromatic N) is 2. The van der Waals surface area contributed by atoms with E-state index in [2.05, 4.69) is 60.7 Å². The maximum atomic E-state index is 6.24. The van der Waals surface area contributed by atoms with Crippen molar-refractivity contribution in [3.63, 3.8) is 0 Å². The molecule has 0 saturated carbocycles. The van der Waals surface area contributed by atoms with Gasteiger partial charge in [0.1, 0.15) is 5.82 Å². The smallest absolute Gasteiger partial charge is 0.163 e. The first-order valence-electron chi connectivity index (χ1n) is 5.76. The van der Waals surface area contributed by atoms with Crippen LogP contribution in [0.15, 0.2) is 22.7 Å². The van der Waals surface area contributed by atoms with Gasteiger partial charge in [0.15, 0.2) is 5.82 Å². The molecule has 0 bridgehead atoms. The summed E-state index contributed by atoms with van der Waals surface area (Å²) in [6, 6.07) is 5.68. The average molecular weight is 453 g/mol. The lowest BCUT2D eigenvalue weighted by Gasteiger charge is -2.11. The van der Waals surface area contributed by atoms with Gasteiger partial charge in [-0.25, -0.2) is 9.97 Å². The van der Waals surface area contributed by atoms with Gasteiger partial charge in [0, 0.05) is 17.1 Å². The van der Waals surface area contributed by atoms with Crippen LogP contribution in [0.3, 0.4) is 0 Å². The van der Waals surface area contributed by atoms with E-state index in [9.17, 15) is 0 Å². The molecule has 0 atom stereocenters. The third-order valence-corrected chi connectivity index (χ3v) is 4.62. The molecule has 0 aliphatic rings. The first kappa shape index (κ1) is 15.0. The quantitative estimate of drug-likeness (QED) is 0.682. The highest BCUT2D eigenvalue weighted by Crippen LogP contribution is 2.31. The van der Waals surface area contributed by atoms with Crippen LogP contribution in [0, 0.1) is 3.57 Å². The minimum absolute atomic E-state index is 0.646. The minimum Gasteiger partial charge on any atom is -0.372 e. The second-order valence-electron chi connectivity index (χ2n) is 3.88. The molecule has 1 aromatic heterocycles. The molecule has 3 nitrogen and oxygen atoms in total. The number of nitrogens with one attached hydrogen (secondary N) is 1. The van der Waals surface area contributed by atoms with E-state index in [0.717, 1.165) is 31.5 Å². The highest BCUT2D eigenvalue weighted by Gasteiger charge is 2.13. The van der Waals surface area contributed by atoms with Crippen molar-refractivity contribution in [2.75, 3.05) is 12.4 Å². The highest BCUT2D eigenvalue weighted by molar-refractivity contribution is 14.1. The molecule has 0 fully saturated rings. The van der Waals surface area contributed by atoms with E-state index in [1.807, 2.05) is 25.2 Å².